The Kier molecular flexibility index (Phi) is 5.05. The van der Waals surface area contributed by atoms with E-state index in [-0.39, 0.29) is 16.8 Å². The molecule has 0 N–H and O–H groups in total. The van der Waals surface area contributed by atoms with Crippen molar-refractivity contribution in [1.29, 1.82) is 0 Å². The molecule has 0 bridgehead atoms. The monoisotopic (exact) mass is 389 g/mol. The Labute approximate surface area is 167 Å². The van der Waals surface area contributed by atoms with Crippen molar-refractivity contribution in [3.8, 4) is 22.8 Å². The van der Waals surface area contributed by atoms with E-state index in [0.717, 1.165) is 17.8 Å². The molecule has 0 unspecified atom stereocenters. The molecule has 0 fully saturated rings. The molecule has 6 nitrogen and oxygen atoms in total. The minimum atomic E-state index is -0.426. The summed E-state index contributed by atoms with van der Waals surface area (Å²) in [6.45, 7) is 0.793. The molecule has 0 atom stereocenters. The van der Waals surface area contributed by atoms with Crippen LogP contribution in [0, 0.1) is 5.82 Å². The SMILES string of the molecule is CN(C)Cc1cccc(-n2ccc(=O)c(-c3ccnn3-c3ccccc3F)n2)c1. The Morgan fingerprint density at radius 1 is 1.03 bits per heavy atom. The highest BCUT2D eigenvalue weighted by Gasteiger charge is 2.15. The van der Waals surface area contributed by atoms with Crippen LogP contribution in [0.25, 0.3) is 22.8 Å². The van der Waals surface area contributed by atoms with Crippen molar-refractivity contribution in [2.45, 2.75) is 6.54 Å². The lowest BCUT2D eigenvalue weighted by Crippen LogP contribution is -2.15. The molecule has 2 heterocycles. The van der Waals surface area contributed by atoms with Crippen LogP contribution in [0.15, 0.2) is 77.9 Å². The van der Waals surface area contributed by atoms with Crippen molar-refractivity contribution in [3.05, 3.63) is 94.7 Å². The highest BCUT2D eigenvalue weighted by Crippen LogP contribution is 2.20. The summed E-state index contributed by atoms with van der Waals surface area (Å²) in [7, 11) is 4.01. The molecule has 0 spiro atoms. The first-order chi connectivity index (χ1) is 14.0. The van der Waals surface area contributed by atoms with Gasteiger partial charge < -0.3 is 4.90 Å². The molecule has 4 aromatic rings. The van der Waals surface area contributed by atoms with Crippen molar-refractivity contribution in [2.24, 2.45) is 0 Å². The van der Waals surface area contributed by atoms with E-state index in [4.69, 9.17) is 0 Å². The summed E-state index contributed by atoms with van der Waals surface area (Å²) in [5.74, 6) is -0.426. The third-order valence-electron chi connectivity index (χ3n) is 4.45. The predicted molar refractivity (Wildman–Crippen MR) is 110 cm³/mol. The van der Waals surface area contributed by atoms with Crippen LogP contribution in [-0.2, 0) is 6.54 Å². The number of benzene rings is 2. The maximum atomic E-state index is 14.3. The van der Waals surface area contributed by atoms with Gasteiger partial charge in [-0.1, -0.05) is 24.3 Å². The molecule has 4 rings (SSSR count). The number of hydrogen-bond acceptors (Lipinski definition) is 4. The summed E-state index contributed by atoms with van der Waals surface area (Å²) in [5.41, 5.74) is 2.60. The first-order valence-electron chi connectivity index (χ1n) is 9.16. The first-order valence-corrected chi connectivity index (χ1v) is 9.16. The van der Waals surface area contributed by atoms with E-state index in [1.807, 2.05) is 38.4 Å². The van der Waals surface area contributed by atoms with Gasteiger partial charge in [-0.05, 0) is 50.0 Å². The van der Waals surface area contributed by atoms with Crippen molar-refractivity contribution in [1.82, 2.24) is 24.5 Å². The minimum absolute atomic E-state index is 0.200. The van der Waals surface area contributed by atoms with Crippen LogP contribution in [0.5, 0.6) is 0 Å². The summed E-state index contributed by atoms with van der Waals surface area (Å²) in [5, 5.41) is 8.73. The fourth-order valence-corrected chi connectivity index (χ4v) is 3.19. The fourth-order valence-electron chi connectivity index (χ4n) is 3.19. The van der Waals surface area contributed by atoms with E-state index in [1.165, 1.54) is 23.0 Å². The number of halogens is 1. The molecule has 0 aliphatic rings. The topological polar surface area (TPSA) is 56.0 Å². The average Bonchev–Trinajstić information content (AvgIpc) is 3.18. The molecular weight excluding hydrogens is 369 g/mol. The molecule has 0 radical (unpaired) electrons. The third-order valence-corrected chi connectivity index (χ3v) is 4.45. The lowest BCUT2D eigenvalue weighted by molar-refractivity contribution is 0.402. The summed E-state index contributed by atoms with van der Waals surface area (Å²) >= 11 is 0. The maximum absolute atomic E-state index is 14.3. The van der Waals surface area contributed by atoms with E-state index in [9.17, 15) is 9.18 Å². The van der Waals surface area contributed by atoms with Crippen LogP contribution in [0.1, 0.15) is 5.56 Å². The number of nitrogens with zero attached hydrogens (tertiary/aromatic N) is 5. The van der Waals surface area contributed by atoms with Crippen LogP contribution in [0.3, 0.4) is 0 Å². The van der Waals surface area contributed by atoms with Gasteiger partial charge in [0.25, 0.3) is 0 Å². The Bertz CT molecular complexity index is 1210. The third kappa shape index (κ3) is 3.86. The lowest BCUT2D eigenvalue weighted by atomic mass is 10.2. The van der Waals surface area contributed by atoms with Crippen LogP contribution >= 0.6 is 0 Å². The molecule has 7 heteroatoms. The van der Waals surface area contributed by atoms with Crippen LogP contribution < -0.4 is 5.43 Å². The van der Waals surface area contributed by atoms with Gasteiger partial charge in [0.15, 0.2) is 5.69 Å². The van der Waals surface area contributed by atoms with Gasteiger partial charge >= 0.3 is 0 Å². The molecule has 0 aliphatic carbocycles. The van der Waals surface area contributed by atoms with Gasteiger partial charge in [0.2, 0.25) is 5.43 Å². The summed E-state index contributed by atoms with van der Waals surface area (Å²) in [6, 6.07) is 17.4. The zero-order valence-corrected chi connectivity index (χ0v) is 16.2. The lowest BCUT2D eigenvalue weighted by Gasteiger charge is -2.13. The van der Waals surface area contributed by atoms with Crippen molar-refractivity contribution in [3.63, 3.8) is 0 Å². The summed E-state index contributed by atoms with van der Waals surface area (Å²) < 4.78 is 17.3. The molecular formula is C22H20FN5O. The van der Waals surface area contributed by atoms with Gasteiger partial charge in [-0.2, -0.15) is 10.2 Å². The van der Waals surface area contributed by atoms with Gasteiger partial charge in [0.1, 0.15) is 11.5 Å². The second-order valence-electron chi connectivity index (χ2n) is 6.96. The predicted octanol–water partition coefficient (Wildman–Crippen LogP) is 3.29. The summed E-state index contributed by atoms with van der Waals surface area (Å²) in [6.07, 6.45) is 3.16. The van der Waals surface area contributed by atoms with E-state index >= 15 is 0 Å². The fraction of sp³-hybridized carbons (Fsp3) is 0.136. The van der Waals surface area contributed by atoms with Crippen molar-refractivity contribution >= 4 is 0 Å². The Hall–Kier alpha value is -3.58. The van der Waals surface area contributed by atoms with Gasteiger partial charge in [-0.15, -0.1) is 0 Å². The molecule has 2 aromatic carbocycles. The molecule has 29 heavy (non-hydrogen) atoms. The normalized spacial score (nSPS) is 11.2. The van der Waals surface area contributed by atoms with Gasteiger partial charge in [-0.3, -0.25) is 4.79 Å². The van der Waals surface area contributed by atoms with Crippen molar-refractivity contribution < 1.29 is 4.39 Å². The Morgan fingerprint density at radius 3 is 2.66 bits per heavy atom. The number of hydrogen-bond donors (Lipinski definition) is 0. The molecule has 0 saturated heterocycles. The largest absolute Gasteiger partial charge is 0.305 e. The number of rotatable bonds is 5. The number of aromatic nitrogens is 4. The standard InChI is InChI=1S/C22H20FN5O/c1-26(2)15-16-6-5-7-17(14-16)27-13-11-21(29)22(25-27)20-10-12-24-28(20)19-9-4-3-8-18(19)23/h3-14H,15H2,1-2H3. The second kappa shape index (κ2) is 7.81. The molecule has 0 saturated carbocycles. The van der Waals surface area contributed by atoms with Gasteiger partial charge in [-0.25, -0.2) is 13.8 Å². The molecule has 0 amide bonds. The zero-order valence-electron chi connectivity index (χ0n) is 16.2. The maximum Gasteiger partial charge on any atom is 0.209 e. The van der Waals surface area contributed by atoms with Gasteiger partial charge in [0, 0.05) is 18.8 Å². The van der Waals surface area contributed by atoms with Crippen LogP contribution in [0.4, 0.5) is 4.39 Å². The highest BCUT2D eigenvalue weighted by atomic mass is 19.1. The Balaban J connectivity index is 1.80. The highest BCUT2D eigenvalue weighted by molar-refractivity contribution is 5.57. The zero-order chi connectivity index (χ0) is 20.4. The minimum Gasteiger partial charge on any atom is -0.305 e. The molecule has 146 valence electrons. The van der Waals surface area contributed by atoms with Crippen molar-refractivity contribution in [2.75, 3.05) is 14.1 Å². The number of para-hydroxylation sites is 1. The van der Waals surface area contributed by atoms with E-state index in [0.29, 0.717) is 5.69 Å². The average molecular weight is 389 g/mol. The Morgan fingerprint density at radius 2 is 1.86 bits per heavy atom. The molecule has 2 aromatic heterocycles. The molecule has 0 aliphatic heterocycles. The van der Waals surface area contributed by atoms with Gasteiger partial charge in [0.05, 0.1) is 17.6 Å². The van der Waals surface area contributed by atoms with Crippen LogP contribution in [0.2, 0.25) is 0 Å². The van der Waals surface area contributed by atoms with E-state index in [2.05, 4.69) is 15.1 Å². The van der Waals surface area contributed by atoms with E-state index in [1.54, 1.807) is 35.1 Å². The van der Waals surface area contributed by atoms with E-state index < -0.39 is 5.82 Å². The smallest absolute Gasteiger partial charge is 0.209 e. The quantitative estimate of drug-likeness (QED) is 0.526. The first kappa shape index (κ1) is 18.8. The summed E-state index contributed by atoms with van der Waals surface area (Å²) in [4.78, 5) is 14.6. The second-order valence-corrected chi connectivity index (χ2v) is 6.96. The van der Waals surface area contributed by atoms with Crippen LogP contribution in [-0.4, -0.2) is 38.6 Å².